The summed E-state index contributed by atoms with van der Waals surface area (Å²) in [5.41, 5.74) is 9.68. The zero-order valence-corrected chi connectivity index (χ0v) is 12.6. The molecule has 0 aliphatic rings. The summed E-state index contributed by atoms with van der Waals surface area (Å²) >= 11 is 11.9. The van der Waals surface area contributed by atoms with Crippen LogP contribution < -0.4 is 10.5 Å². The maximum atomic E-state index is 6.00. The molecule has 0 bridgehead atoms. The molecule has 0 radical (unpaired) electrons. The summed E-state index contributed by atoms with van der Waals surface area (Å²) in [7, 11) is 0. The third kappa shape index (κ3) is 2.80. The number of ether oxygens (including phenoxy) is 1. The minimum absolute atomic E-state index is 0.421. The first-order chi connectivity index (χ1) is 8.90. The van der Waals surface area contributed by atoms with Gasteiger partial charge in [-0.05, 0) is 43.5 Å². The molecule has 0 aliphatic carbocycles. The number of aryl methyl sites for hydroxylation is 2. The van der Waals surface area contributed by atoms with Crippen molar-refractivity contribution in [2.75, 3.05) is 5.73 Å². The number of rotatable bonds is 2. The van der Waals surface area contributed by atoms with Crippen LogP contribution in [0.5, 0.6) is 11.5 Å². The Hall–Kier alpha value is -1.38. The van der Waals surface area contributed by atoms with Crippen LogP contribution in [-0.4, -0.2) is 0 Å². The highest BCUT2D eigenvalue weighted by Crippen LogP contribution is 2.37. The lowest BCUT2D eigenvalue weighted by atomic mass is 10.1. The van der Waals surface area contributed by atoms with E-state index < -0.39 is 0 Å². The number of anilines is 1. The van der Waals surface area contributed by atoms with Crippen molar-refractivity contribution < 1.29 is 4.74 Å². The molecule has 0 atom stereocenters. The Morgan fingerprint density at radius 1 is 0.947 bits per heavy atom. The van der Waals surface area contributed by atoms with E-state index in [2.05, 4.69) is 6.07 Å². The van der Waals surface area contributed by atoms with Crippen LogP contribution in [0.25, 0.3) is 0 Å². The van der Waals surface area contributed by atoms with Crippen LogP contribution in [0.1, 0.15) is 16.7 Å². The fourth-order valence-corrected chi connectivity index (χ4v) is 2.15. The van der Waals surface area contributed by atoms with Crippen LogP contribution in [-0.2, 0) is 0 Å². The molecule has 0 saturated carbocycles. The van der Waals surface area contributed by atoms with Crippen molar-refractivity contribution >= 4 is 28.9 Å². The summed E-state index contributed by atoms with van der Waals surface area (Å²) in [6, 6.07) is 7.32. The second-order valence-corrected chi connectivity index (χ2v) is 5.37. The molecule has 0 aromatic heterocycles. The van der Waals surface area contributed by atoms with Crippen molar-refractivity contribution in [1.29, 1.82) is 0 Å². The number of halogens is 2. The average Bonchev–Trinajstić information content (AvgIpc) is 2.36. The van der Waals surface area contributed by atoms with Gasteiger partial charge in [0.05, 0.1) is 15.7 Å². The third-order valence-corrected chi connectivity index (χ3v) is 3.86. The molecule has 0 amide bonds. The number of nitrogens with two attached hydrogens (primary N) is 1. The minimum Gasteiger partial charge on any atom is -0.455 e. The maximum Gasteiger partial charge on any atom is 0.151 e. The Kier molecular flexibility index (Phi) is 3.93. The molecule has 100 valence electrons. The first-order valence-electron chi connectivity index (χ1n) is 5.89. The largest absolute Gasteiger partial charge is 0.455 e. The van der Waals surface area contributed by atoms with E-state index >= 15 is 0 Å². The summed E-state index contributed by atoms with van der Waals surface area (Å²) in [6.07, 6.45) is 0. The van der Waals surface area contributed by atoms with Gasteiger partial charge in [-0.2, -0.15) is 0 Å². The van der Waals surface area contributed by atoms with Crippen molar-refractivity contribution in [2.24, 2.45) is 0 Å². The fraction of sp³-hybridized carbons (Fsp3) is 0.200. The van der Waals surface area contributed by atoms with Gasteiger partial charge in [0.1, 0.15) is 5.75 Å². The highest BCUT2D eigenvalue weighted by atomic mass is 35.5. The van der Waals surface area contributed by atoms with Crippen LogP contribution in [0.15, 0.2) is 24.3 Å². The molecule has 0 aliphatic heterocycles. The fourth-order valence-electron chi connectivity index (χ4n) is 1.82. The second-order valence-electron chi connectivity index (χ2n) is 4.56. The van der Waals surface area contributed by atoms with E-state index in [1.54, 1.807) is 12.1 Å². The minimum atomic E-state index is 0.421. The standard InChI is InChI=1S/C15H15Cl2NO/c1-8-4-5-9(2)15(10(8)3)19-14-7-12(17)11(16)6-13(14)18/h4-7H,18H2,1-3H3. The van der Waals surface area contributed by atoms with E-state index in [-0.39, 0.29) is 0 Å². The summed E-state index contributed by atoms with van der Waals surface area (Å²) in [6.45, 7) is 6.06. The average molecular weight is 296 g/mol. The van der Waals surface area contributed by atoms with E-state index in [4.69, 9.17) is 33.7 Å². The van der Waals surface area contributed by atoms with Crippen molar-refractivity contribution in [3.8, 4) is 11.5 Å². The SMILES string of the molecule is Cc1ccc(C)c(Oc2cc(Cl)c(Cl)cc2N)c1C. The molecule has 0 fully saturated rings. The van der Waals surface area contributed by atoms with Gasteiger partial charge in [-0.3, -0.25) is 0 Å². The van der Waals surface area contributed by atoms with Crippen LogP contribution in [0.2, 0.25) is 10.0 Å². The number of benzene rings is 2. The Bertz CT molecular complexity index is 639. The van der Waals surface area contributed by atoms with Crippen molar-refractivity contribution in [1.82, 2.24) is 0 Å². The van der Waals surface area contributed by atoms with Gasteiger partial charge < -0.3 is 10.5 Å². The van der Waals surface area contributed by atoms with Gasteiger partial charge in [0.2, 0.25) is 0 Å². The van der Waals surface area contributed by atoms with E-state index in [0.29, 0.717) is 21.5 Å². The summed E-state index contributed by atoms with van der Waals surface area (Å²) in [4.78, 5) is 0. The van der Waals surface area contributed by atoms with Gasteiger partial charge in [-0.25, -0.2) is 0 Å². The topological polar surface area (TPSA) is 35.2 Å². The van der Waals surface area contributed by atoms with E-state index in [1.165, 1.54) is 5.56 Å². The number of hydrogen-bond donors (Lipinski definition) is 1. The van der Waals surface area contributed by atoms with Crippen molar-refractivity contribution in [3.05, 3.63) is 51.0 Å². The lowest BCUT2D eigenvalue weighted by molar-refractivity contribution is 0.477. The summed E-state index contributed by atoms with van der Waals surface area (Å²) in [5, 5.41) is 0.845. The van der Waals surface area contributed by atoms with Crippen LogP contribution in [0.4, 0.5) is 5.69 Å². The Morgan fingerprint density at radius 2 is 1.53 bits per heavy atom. The first kappa shape index (κ1) is 14.0. The molecule has 2 nitrogen and oxygen atoms in total. The monoisotopic (exact) mass is 295 g/mol. The number of nitrogen functional groups attached to an aromatic ring is 1. The molecular formula is C15H15Cl2NO. The third-order valence-electron chi connectivity index (χ3n) is 3.14. The normalized spacial score (nSPS) is 10.6. The molecule has 2 aromatic carbocycles. The molecule has 0 heterocycles. The molecule has 0 unspecified atom stereocenters. The highest BCUT2D eigenvalue weighted by Gasteiger charge is 2.11. The Morgan fingerprint density at radius 3 is 2.21 bits per heavy atom. The predicted molar refractivity (Wildman–Crippen MR) is 81.6 cm³/mol. The van der Waals surface area contributed by atoms with Gasteiger partial charge in [0.15, 0.2) is 5.75 Å². The van der Waals surface area contributed by atoms with Crippen LogP contribution in [0.3, 0.4) is 0 Å². The predicted octanol–water partition coefficient (Wildman–Crippen LogP) is 5.29. The zero-order valence-electron chi connectivity index (χ0n) is 11.1. The van der Waals surface area contributed by atoms with Gasteiger partial charge in [-0.1, -0.05) is 35.3 Å². The van der Waals surface area contributed by atoms with Crippen LogP contribution in [0, 0.1) is 20.8 Å². The zero-order chi connectivity index (χ0) is 14.2. The molecular weight excluding hydrogens is 281 g/mol. The summed E-state index contributed by atoms with van der Waals surface area (Å²) in [5.74, 6) is 1.33. The molecule has 2 rings (SSSR count). The number of hydrogen-bond acceptors (Lipinski definition) is 2. The van der Waals surface area contributed by atoms with E-state index in [0.717, 1.165) is 16.9 Å². The molecule has 0 spiro atoms. The maximum absolute atomic E-state index is 6.00. The van der Waals surface area contributed by atoms with E-state index in [1.807, 2.05) is 26.8 Å². The quantitative estimate of drug-likeness (QED) is 0.764. The molecule has 4 heteroatoms. The second kappa shape index (κ2) is 5.32. The van der Waals surface area contributed by atoms with Crippen LogP contribution >= 0.6 is 23.2 Å². The van der Waals surface area contributed by atoms with Gasteiger partial charge in [0, 0.05) is 6.07 Å². The highest BCUT2D eigenvalue weighted by molar-refractivity contribution is 6.42. The van der Waals surface area contributed by atoms with E-state index in [9.17, 15) is 0 Å². The summed E-state index contributed by atoms with van der Waals surface area (Å²) < 4.78 is 5.92. The van der Waals surface area contributed by atoms with Gasteiger partial charge >= 0.3 is 0 Å². The lowest BCUT2D eigenvalue weighted by Gasteiger charge is -2.15. The molecule has 2 N–H and O–H groups in total. The van der Waals surface area contributed by atoms with Crippen molar-refractivity contribution in [2.45, 2.75) is 20.8 Å². The first-order valence-corrected chi connectivity index (χ1v) is 6.65. The van der Waals surface area contributed by atoms with Gasteiger partial charge in [0.25, 0.3) is 0 Å². The van der Waals surface area contributed by atoms with Gasteiger partial charge in [-0.15, -0.1) is 0 Å². The smallest absolute Gasteiger partial charge is 0.151 e. The molecule has 0 saturated heterocycles. The lowest BCUT2D eigenvalue weighted by Crippen LogP contribution is -1.97. The Balaban J connectivity index is 2.48. The molecule has 19 heavy (non-hydrogen) atoms. The van der Waals surface area contributed by atoms with Crippen molar-refractivity contribution in [3.63, 3.8) is 0 Å². The molecule has 2 aromatic rings. The Labute approximate surface area is 123 Å².